The third-order valence-corrected chi connectivity index (χ3v) is 12.4. The molecule has 0 radical (unpaired) electrons. The van der Waals surface area contributed by atoms with E-state index in [9.17, 15) is 0 Å². The van der Waals surface area contributed by atoms with Gasteiger partial charge in [-0.05, 0) is 64.7 Å². The number of nitrogens with zero attached hydrogens (tertiary/aromatic N) is 5. The van der Waals surface area contributed by atoms with Crippen molar-refractivity contribution in [1.29, 1.82) is 0 Å². The lowest BCUT2D eigenvalue weighted by molar-refractivity contribution is 0.893. The van der Waals surface area contributed by atoms with Gasteiger partial charge in [0.25, 0.3) is 0 Å². The maximum absolute atomic E-state index is 5.28. The Kier molecular flexibility index (Phi) is 7.03. The summed E-state index contributed by atoms with van der Waals surface area (Å²) in [5.41, 5.74) is 9.79. The van der Waals surface area contributed by atoms with Gasteiger partial charge in [0.15, 0.2) is 5.82 Å². The SMILES string of the molecule is c1cc(-c2ccc(-c3nc(-n4c5ccccc5c5ccccc54)nc(-n4c5ccccc5c5ccccc54)n3)cc2)cc(-c2ccc3c(c2)sc2ccccc23)c1. The summed E-state index contributed by atoms with van der Waals surface area (Å²) in [7, 11) is 0. The van der Waals surface area contributed by atoms with Gasteiger partial charge in [-0.25, -0.2) is 0 Å². The van der Waals surface area contributed by atoms with Gasteiger partial charge in [0.1, 0.15) is 0 Å². The molecule has 6 heteroatoms. The van der Waals surface area contributed by atoms with Crippen molar-refractivity contribution in [2.45, 2.75) is 0 Å². The van der Waals surface area contributed by atoms with Gasteiger partial charge in [-0.2, -0.15) is 15.0 Å². The van der Waals surface area contributed by atoms with Crippen LogP contribution in [0.2, 0.25) is 0 Å². The summed E-state index contributed by atoms with van der Waals surface area (Å²) in [5, 5.41) is 7.26. The van der Waals surface area contributed by atoms with Gasteiger partial charge in [-0.1, -0.05) is 146 Å². The Hall–Kier alpha value is -7.41. The van der Waals surface area contributed by atoms with Crippen LogP contribution in [0, 0.1) is 0 Å². The van der Waals surface area contributed by atoms with Crippen LogP contribution in [-0.4, -0.2) is 24.1 Å². The summed E-state index contributed by atoms with van der Waals surface area (Å²) in [6, 6.07) is 66.8. The Labute approximate surface area is 331 Å². The smallest absolute Gasteiger partial charge is 0.240 e. The van der Waals surface area contributed by atoms with Crippen LogP contribution in [0.4, 0.5) is 0 Å². The molecule has 0 fully saturated rings. The zero-order valence-corrected chi connectivity index (χ0v) is 31.4. The van der Waals surface area contributed by atoms with Crippen LogP contribution < -0.4 is 0 Å². The molecule has 57 heavy (non-hydrogen) atoms. The molecule has 4 heterocycles. The summed E-state index contributed by atoms with van der Waals surface area (Å²) in [5.74, 6) is 1.75. The minimum atomic E-state index is 0.571. The van der Waals surface area contributed by atoms with E-state index in [4.69, 9.17) is 15.0 Å². The van der Waals surface area contributed by atoms with Gasteiger partial charge in [0.2, 0.25) is 11.9 Å². The number of benzene rings is 8. The van der Waals surface area contributed by atoms with E-state index in [-0.39, 0.29) is 0 Å². The maximum Gasteiger partial charge on any atom is 0.240 e. The molecule has 266 valence electrons. The van der Waals surface area contributed by atoms with Gasteiger partial charge in [-0.3, -0.25) is 9.13 Å². The second kappa shape index (κ2) is 12.6. The van der Waals surface area contributed by atoms with Crippen molar-refractivity contribution in [3.63, 3.8) is 0 Å². The molecule has 0 atom stereocenters. The molecule has 0 saturated heterocycles. The number of rotatable bonds is 5. The van der Waals surface area contributed by atoms with E-state index in [1.165, 1.54) is 31.3 Å². The van der Waals surface area contributed by atoms with Gasteiger partial charge in [0.05, 0.1) is 22.1 Å². The summed E-state index contributed by atoms with van der Waals surface area (Å²) in [4.78, 5) is 15.8. The number of hydrogen-bond acceptors (Lipinski definition) is 4. The molecular formula is C51H31N5S. The average Bonchev–Trinajstić information content (AvgIpc) is 3.94. The summed E-state index contributed by atoms with van der Waals surface area (Å²) >= 11 is 1.85. The number of thiophene rings is 1. The first-order chi connectivity index (χ1) is 28.2. The lowest BCUT2D eigenvalue weighted by Crippen LogP contribution is -2.10. The molecule has 0 amide bonds. The first-order valence-electron chi connectivity index (χ1n) is 19.1. The number of para-hydroxylation sites is 4. The van der Waals surface area contributed by atoms with Crippen LogP contribution in [0.25, 0.3) is 109 Å². The van der Waals surface area contributed by atoms with E-state index in [0.29, 0.717) is 17.7 Å². The second-order valence-electron chi connectivity index (χ2n) is 14.5. The quantitative estimate of drug-likeness (QED) is 0.176. The second-order valence-corrected chi connectivity index (χ2v) is 15.5. The highest BCUT2D eigenvalue weighted by Gasteiger charge is 2.20. The Morgan fingerprint density at radius 1 is 0.298 bits per heavy atom. The molecule has 5 nitrogen and oxygen atoms in total. The van der Waals surface area contributed by atoms with Gasteiger partial charge in [-0.15, -0.1) is 11.3 Å². The van der Waals surface area contributed by atoms with Gasteiger partial charge < -0.3 is 0 Å². The average molecular weight is 746 g/mol. The topological polar surface area (TPSA) is 48.5 Å². The highest BCUT2D eigenvalue weighted by Crippen LogP contribution is 2.38. The first kappa shape index (κ1) is 31.9. The molecule has 12 aromatic rings. The number of fused-ring (bicyclic) bond motifs is 9. The van der Waals surface area contributed by atoms with Crippen molar-refractivity contribution < 1.29 is 0 Å². The molecule has 0 spiro atoms. The minimum absolute atomic E-state index is 0.571. The molecule has 0 aliphatic carbocycles. The third kappa shape index (κ3) is 5.04. The van der Waals surface area contributed by atoms with Crippen LogP contribution >= 0.6 is 11.3 Å². The fourth-order valence-electron chi connectivity index (χ4n) is 8.55. The lowest BCUT2D eigenvalue weighted by atomic mass is 9.98. The maximum atomic E-state index is 5.28. The highest BCUT2D eigenvalue weighted by molar-refractivity contribution is 7.25. The van der Waals surface area contributed by atoms with Crippen LogP contribution in [0.15, 0.2) is 188 Å². The van der Waals surface area contributed by atoms with Crippen molar-refractivity contribution in [2.24, 2.45) is 0 Å². The van der Waals surface area contributed by atoms with Crippen LogP contribution in [0.3, 0.4) is 0 Å². The first-order valence-corrected chi connectivity index (χ1v) is 19.9. The van der Waals surface area contributed by atoms with Crippen molar-refractivity contribution in [2.75, 3.05) is 0 Å². The summed E-state index contributed by atoms with van der Waals surface area (Å²) in [6.45, 7) is 0. The van der Waals surface area contributed by atoms with E-state index in [1.807, 2.05) is 11.3 Å². The molecule has 8 aromatic carbocycles. The Morgan fingerprint density at radius 2 is 0.719 bits per heavy atom. The third-order valence-electron chi connectivity index (χ3n) is 11.2. The van der Waals surface area contributed by atoms with Crippen LogP contribution in [-0.2, 0) is 0 Å². The molecule has 0 aliphatic rings. The molecule has 0 N–H and O–H groups in total. The van der Waals surface area contributed by atoms with Crippen molar-refractivity contribution in [3.8, 4) is 45.5 Å². The Balaban J connectivity index is 1.00. The molecule has 0 aliphatic heterocycles. The van der Waals surface area contributed by atoms with Crippen molar-refractivity contribution >= 4 is 75.1 Å². The van der Waals surface area contributed by atoms with Crippen LogP contribution in [0.1, 0.15) is 0 Å². The van der Waals surface area contributed by atoms with E-state index in [1.54, 1.807) is 0 Å². The molecule has 0 unspecified atom stereocenters. The number of aromatic nitrogens is 5. The minimum Gasteiger partial charge on any atom is -0.278 e. The largest absolute Gasteiger partial charge is 0.278 e. The Bertz CT molecular complexity index is 3300. The summed E-state index contributed by atoms with van der Waals surface area (Å²) in [6.07, 6.45) is 0. The van der Waals surface area contributed by atoms with E-state index in [0.717, 1.165) is 60.3 Å². The van der Waals surface area contributed by atoms with E-state index >= 15 is 0 Å². The fraction of sp³-hybridized carbons (Fsp3) is 0. The van der Waals surface area contributed by atoms with E-state index < -0.39 is 0 Å². The standard InChI is InChI=1S/C51H31N5S/c1-6-19-43-37(14-1)38-15-2-7-20-44(38)55(43)50-52-49(53-51(54-50)56-45-21-8-3-16-39(45)40-17-4-9-22-46(40)56)33-26-24-32(25-27-33)34-12-11-13-35(30-34)36-28-29-42-41-18-5-10-23-47(41)57-48(42)31-36/h1-31H. The summed E-state index contributed by atoms with van der Waals surface area (Å²) < 4.78 is 6.97. The molecule has 0 bridgehead atoms. The Morgan fingerprint density at radius 3 is 1.28 bits per heavy atom. The van der Waals surface area contributed by atoms with Crippen molar-refractivity contribution in [3.05, 3.63) is 188 Å². The lowest BCUT2D eigenvalue weighted by Gasteiger charge is -2.13. The van der Waals surface area contributed by atoms with Crippen molar-refractivity contribution in [1.82, 2.24) is 24.1 Å². The molecular weight excluding hydrogens is 715 g/mol. The molecule has 4 aromatic heterocycles. The predicted molar refractivity (Wildman–Crippen MR) is 238 cm³/mol. The predicted octanol–water partition coefficient (Wildman–Crippen LogP) is 13.4. The highest BCUT2D eigenvalue weighted by atomic mass is 32.1. The molecule has 0 saturated carbocycles. The number of hydrogen-bond donors (Lipinski definition) is 0. The normalized spacial score (nSPS) is 11.9. The monoisotopic (exact) mass is 745 g/mol. The van der Waals surface area contributed by atoms with E-state index in [2.05, 4.69) is 197 Å². The van der Waals surface area contributed by atoms with Gasteiger partial charge >= 0.3 is 0 Å². The van der Waals surface area contributed by atoms with Gasteiger partial charge in [0, 0.05) is 47.3 Å². The zero-order valence-electron chi connectivity index (χ0n) is 30.5. The molecule has 12 rings (SSSR count). The fourth-order valence-corrected chi connectivity index (χ4v) is 9.70. The zero-order chi connectivity index (χ0) is 37.5. The van der Waals surface area contributed by atoms with Crippen LogP contribution in [0.5, 0.6) is 0 Å².